The van der Waals surface area contributed by atoms with Gasteiger partial charge in [-0.25, -0.2) is 4.98 Å². The standard InChI is InChI=1S/C16H17N5OS/c1-21-7-3-6-14(21)13-9-23-16(18-13)19-15(22)10-4-2-5-12-11(10)8-17-20-12/h3,6-10H,2,4-5H2,1H3,(H,17,20)(H,18,19,22)/t10-/m1/s1. The van der Waals surface area contributed by atoms with Crippen molar-refractivity contribution in [2.45, 2.75) is 25.2 Å². The molecule has 0 radical (unpaired) electrons. The van der Waals surface area contributed by atoms with Crippen LogP contribution in [0.25, 0.3) is 11.4 Å². The number of nitrogens with zero attached hydrogens (tertiary/aromatic N) is 3. The van der Waals surface area contributed by atoms with Gasteiger partial charge in [0.1, 0.15) is 0 Å². The average molecular weight is 327 g/mol. The van der Waals surface area contributed by atoms with Crippen molar-refractivity contribution in [3.05, 3.63) is 41.2 Å². The number of nitrogens with one attached hydrogen (secondary N) is 2. The highest BCUT2D eigenvalue weighted by Crippen LogP contribution is 2.32. The highest BCUT2D eigenvalue weighted by molar-refractivity contribution is 7.14. The zero-order chi connectivity index (χ0) is 15.8. The van der Waals surface area contributed by atoms with Gasteiger partial charge in [0.2, 0.25) is 5.91 Å². The Morgan fingerprint density at radius 2 is 2.43 bits per heavy atom. The normalized spacial score (nSPS) is 17.0. The second-order valence-corrected chi connectivity index (χ2v) is 6.64. The van der Waals surface area contributed by atoms with E-state index in [2.05, 4.69) is 20.5 Å². The summed E-state index contributed by atoms with van der Waals surface area (Å²) in [5.74, 6) is -0.139. The number of rotatable bonds is 3. The maximum atomic E-state index is 12.6. The van der Waals surface area contributed by atoms with Crippen LogP contribution in [0.5, 0.6) is 0 Å². The molecule has 7 heteroatoms. The molecule has 1 aliphatic rings. The monoisotopic (exact) mass is 327 g/mol. The van der Waals surface area contributed by atoms with E-state index in [1.807, 2.05) is 35.3 Å². The van der Waals surface area contributed by atoms with E-state index >= 15 is 0 Å². The summed E-state index contributed by atoms with van der Waals surface area (Å²) in [4.78, 5) is 17.1. The molecule has 6 nitrogen and oxygen atoms in total. The SMILES string of the molecule is Cn1cccc1-c1csc(NC(=O)[C@@H]2CCCc3[nH]ncc32)n1. The molecule has 0 unspecified atom stereocenters. The van der Waals surface area contributed by atoms with Gasteiger partial charge in [0, 0.05) is 29.9 Å². The number of aromatic nitrogens is 4. The van der Waals surface area contributed by atoms with Crippen molar-refractivity contribution in [3.63, 3.8) is 0 Å². The fourth-order valence-corrected chi connectivity index (χ4v) is 3.81. The molecule has 2 N–H and O–H groups in total. The quantitative estimate of drug-likeness (QED) is 0.776. The predicted molar refractivity (Wildman–Crippen MR) is 89.4 cm³/mol. The summed E-state index contributed by atoms with van der Waals surface area (Å²) in [5.41, 5.74) is 4.02. The Balaban J connectivity index is 1.52. The van der Waals surface area contributed by atoms with Crippen LogP contribution < -0.4 is 5.32 Å². The Kier molecular flexibility index (Phi) is 3.49. The third kappa shape index (κ3) is 2.57. The lowest BCUT2D eigenvalue weighted by Gasteiger charge is -2.20. The second-order valence-electron chi connectivity index (χ2n) is 5.78. The third-order valence-electron chi connectivity index (χ3n) is 4.30. The molecular formula is C16H17N5OS. The van der Waals surface area contributed by atoms with Gasteiger partial charge in [-0.05, 0) is 31.4 Å². The highest BCUT2D eigenvalue weighted by Gasteiger charge is 2.28. The van der Waals surface area contributed by atoms with Crippen molar-refractivity contribution in [1.82, 2.24) is 19.7 Å². The van der Waals surface area contributed by atoms with Crippen LogP contribution in [0.15, 0.2) is 29.9 Å². The number of carbonyl (C=O) groups is 1. The minimum atomic E-state index is -0.139. The van der Waals surface area contributed by atoms with Gasteiger partial charge in [-0.1, -0.05) is 0 Å². The number of thiazole rings is 1. The lowest BCUT2D eigenvalue weighted by molar-refractivity contribution is -0.117. The van der Waals surface area contributed by atoms with E-state index in [4.69, 9.17) is 0 Å². The molecule has 4 rings (SSSR count). The molecule has 118 valence electrons. The van der Waals surface area contributed by atoms with E-state index in [1.165, 1.54) is 11.3 Å². The summed E-state index contributed by atoms with van der Waals surface area (Å²) in [6.45, 7) is 0. The number of hydrogen-bond donors (Lipinski definition) is 2. The van der Waals surface area contributed by atoms with Crippen LogP contribution in [0, 0.1) is 0 Å². The van der Waals surface area contributed by atoms with Crippen LogP contribution in [-0.4, -0.2) is 25.7 Å². The van der Waals surface area contributed by atoms with Gasteiger partial charge in [-0.3, -0.25) is 9.89 Å². The molecular weight excluding hydrogens is 310 g/mol. The average Bonchev–Trinajstić information content (AvgIpc) is 3.26. The van der Waals surface area contributed by atoms with Crippen molar-refractivity contribution in [2.24, 2.45) is 7.05 Å². The van der Waals surface area contributed by atoms with Crippen LogP contribution in [0.4, 0.5) is 5.13 Å². The van der Waals surface area contributed by atoms with Crippen LogP contribution >= 0.6 is 11.3 Å². The zero-order valence-electron chi connectivity index (χ0n) is 12.7. The Morgan fingerprint density at radius 3 is 3.26 bits per heavy atom. The number of anilines is 1. The molecule has 0 saturated heterocycles. The van der Waals surface area contributed by atoms with Crippen LogP contribution in [0.2, 0.25) is 0 Å². The van der Waals surface area contributed by atoms with Gasteiger partial charge >= 0.3 is 0 Å². The maximum absolute atomic E-state index is 12.6. The number of carbonyl (C=O) groups excluding carboxylic acids is 1. The van der Waals surface area contributed by atoms with Gasteiger partial charge in [-0.15, -0.1) is 11.3 Å². The summed E-state index contributed by atoms with van der Waals surface area (Å²) in [7, 11) is 1.98. The van der Waals surface area contributed by atoms with E-state index in [0.29, 0.717) is 5.13 Å². The number of amides is 1. The third-order valence-corrected chi connectivity index (χ3v) is 5.06. The molecule has 3 aromatic heterocycles. The van der Waals surface area contributed by atoms with E-state index in [9.17, 15) is 4.79 Å². The Hall–Kier alpha value is -2.41. The maximum Gasteiger partial charge on any atom is 0.233 e. The van der Waals surface area contributed by atoms with Crippen LogP contribution in [0.1, 0.15) is 30.0 Å². The summed E-state index contributed by atoms with van der Waals surface area (Å²) >= 11 is 1.45. The summed E-state index contributed by atoms with van der Waals surface area (Å²) in [5, 5.41) is 12.6. The molecule has 1 amide bonds. The number of aryl methyl sites for hydroxylation is 2. The summed E-state index contributed by atoms with van der Waals surface area (Å²) < 4.78 is 2.01. The lowest BCUT2D eigenvalue weighted by Crippen LogP contribution is -2.24. The van der Waals surface area contributed by atoms with Gasteiger partial charge in [0.15, 0.2) is 5.13 Å². The topological polar surface area (TPSA) is 75.6 Å². The van der Waals surface area contributed by atoms with Crippen molar-refractivity contribution in [3.8, 4) is 11.4 Å². The molecule has 0 fully saturated rings. The first kappa shape index (κ1) is 14.2. The first-order valence-corrected chi connectivity index (χ1v) is 8.50. The van der Waals surface area contributed by atoms with E-state index < -0.39 is 0 Å². The second kappa shape index (κ2) is 5.66. The molecule has 3 heterocycles. The predicted octanol–water partition coefficient (Wildman–Crippen LogP) is 2.93. The van der Waals surface area contributed by atoms with Crippen molar-refractivity contribution < 1.29 is 4.79 Å². The smallest absolute Gasteiger partial charge is 0.233 e. The fraction of sp³-hybridized carbons (Fsp3) is 0.312. The van der Waals surface area contributed by atoms with Crippen molar-refractivity contribution in [1.29, 1.82) is 0 Å². The summed E-state index contributed by atoms with van der Waals surface area (Å²) in [6.07, 6.45) is 6.58. The Morgan fingerprint density at radius 1 is 1.52 bits per heavy atom. The van der Waals surface area contributed by atoms with Crippen LogP contribution in [0.3, 0.4) is 0 Å². The largest absolute Gasteiger partial charge is 0.349 e. The van der Waals surface area contributed by atoms with E-state index in [0.717, 1.165) is 41.9 Å². The molecule has 1 atom stereocenters. The molecule has 1 aliphatic carbocycles. The minimum Gasteiger partial charge on any atom is -0.349 e. The molecule has 23 heavy (non-hydrogen) atoms. The number of hydrogen-bond acceptors (Lipinski definition) is 4. The number of fused-ring (bicyclic) bond motifs is 1. The molecule has 0 aliphatic heterocycles. The van der Waals surface area contributed by atoms with Gasteiger partial charge < -0.3 is 9.88 Å². The highest BCUT2D eigenvalue weighted by atomic mass is 32.1. The summed E-state index contributed by atoms with van der Waals surface area (Å²) in [6, 6.07) is 3.99. The molecule has 0 bridgehead atoms. The Bertz CT molecular complexity index is 846. The number of H-pyrrole nitrogens is 1. The van der Waals surface area contributed by atoms with E-state index in [-0.39, 0.29) is 11.8 Å². The Labute approximate surface area is 137 Å². The fourth-order valence-electron chi connectivity index (χ4n) is 3.10. The van der Waals surface area contributed by atoms with E-state index in [1.54, 1.807) is 6.20 Å². The minimum absolute atomic E-state index is 0.000121. The number of aromatic amines is 1. The van der Waals surface area contributed by atoms with Crippen LogP contribution in [-0.2, 0) is 18.3 Å². The zero-order valence-corrected chi connectivity index (χ0v) is 13.6. The van der Waals surface area contributed by atoms with Crippen molar-refractivity contribution in [2.75, 3.05) is 5.32 Å². The van der Waals surface area contributed by atoms with Gasteiger partial charge in [0.25, 0.3) is 0 Å². The van der Waals surface area contributed by atoms with Gasteiger partial charge in [-0.2, -0.15) is 5.10 Å². The first-order valence-electron chi connectivity index (χ1n) is 7.62. The van der Waals surface area contributed by atoms with Crippen molar-refractivity contribution >= 4 is 22.4 Å². The molecule has 0 saturated carbocycles. The first-order chi connectivity index (χ1) is 11.2. The molecule has 0 spiro atoms. The molecule has 3 aromatic rings. The lowest BCUT2D eigenvalue weighted by atomic mass is 9.86. The molecule has 0 aromatic carbocycles. The van der Waals surface area contributed by atoms with Gasteiger partial charge in [0.05, 0.1) is 23.5 Å².